The maximum Gasteiger partial charge on any atom is 0.310 e. The highest BCUT2D eigenvalue weighted by Gasteiger charge is 2.05. The van der Waals surface area contributed by atoms with Crippen molar-refractivity contribution in [3.05, 3.63) is 89.5 Å². The zero-order valence-electron chi connectivity index (χ0n) is 14.4. The first-order chi connectivity index (χ1) is 12.2. The fourth-order valence-electron chi connectivity index (χ4n) is 2.74. The van der Waals surface area contributed by atoms with Crippen LogP contribution in [-0.2, 0) is 28.9 Å². The van der Waals surface area contributed by atoms with Crippen LogP contribution in [-0.4, -0.2) is 22.1 Å². The highest BCUT2D eigenvalue weighted by Crippen LogP contribution is 2.11. The summed E-state index contributed by atoms with van der Waals surface area (Å²) >= 11 is 0. The lowest BCUT2D eigenvalue weighted by Gasteiger charge is -2.04. The van der Waals surface area contributed by atoms with Crippen molar-refractivity contribution in [2.45, 2.75) is 26.3 Å². The van der Waals surface area contributed by atoms with Crippen molar-refractivity contribution in [3.63, 3.8) is 0 Å². The van der Waals surface area contributed by atoms with Gasteiger partial charge in [-0.1, -0.05) is 54.6 Å². The molecule has 0 N–H and O–H groups in total. The smallest absolute Gasteiger partial charge is 0.310 e. The van der Waals surface area contributed by atoms with Crippen LogP contribution in [0.5, 0.6) is 0 Å². The van der Waals surface area contributed by atoms with Gasteiger partial charge in [0.15, 0.2) is 0 Å². The average Bonchev–Trinajstić information content (AvgIpc) is 3.05. The Morgan fingerprint density at radius 2 is 1.72 bits per heavy atom. The van der Waals surface area contributed by atoms with Crippen molar-refractivity contribution < 1.29 is 9.53 Å². The van der Waals surface area contributed by atoms with Crippen molar-refractivity contribution in [2.24, 2.45) is 0 Å². The minimum absolute atomic E-state index is 0.185. The summed E-state index contributed by atoms with van der Waals surface area (Å²) in [5, 5.41) is 0. The molecule has 0 saturated heterocycles. The molecule has 0 saturated carbocycles. The minimum Gasteiger partial charge on any atom is -0.466 e. The van der Waals surface area contributed by atoms with E-state index in [2.05, 4.69) is 27.9 Å². The Labute approximate surface area is 148 Å². The lowest BCUT2D eigenvalue weighted by atomic mass is 10.1. The quantitative estimate of drug-likeness (QED) is 0.620. The highest BCUT2D eigenvalue weighted by molar-refractivity contribution is 5.72. The third kappa shape index (κ3) is 5.05. The van der Waals surface area contributed by atoms with Crippen LogP contribution in [0, 0.1) is 0 Å². The monoisotopic (exact) mass is 334 g/mol. The van der Waals surface area contributed by atoms with Crippen molar-refractivity contribution in [3.8, 4) is 0 Å². The topological polar surface area (TPSA) is 44.1 Å². The molecule has 1 heterocycles. The fourth-order valence-corrected chi connectivity index (χ4v) is 2.74. The number of aromatic nitrogens is 2. The molecule has 0 spiro atoms. The van der Waals surface area contributed by atoms with E-state index in [1.807, 2.05) is 55.7 Å². The third-order valence-corrected chi connectivity index (χ3v) is 3.96. The van der Waals surface area contributed by atoms with E-state index in [0.717, 1.165) is 24.2 Å². The predicted octanol–water partition coefficient (Wildman–Crippen LogP) is 3.63. The molecule has 0 aliphatic carbocycles. The van der Waals surface area contributed by atoms with Crippen LogP contribution in [0.15, 0.2) is 67.1 Å². The Hall–Kier alpha value is -2.88. The van der Waals surface area contributed by atoms with Crippen LogP contribution >= 0.6 is 0 Å². The van der Waals surface area contributed by atoms with E-state index in [9.17, 15) is 4.79 Å². The molecular weight excluding hydrogens is 312 g/mol. The van der Waals surface area contributed by atoms with Gasteiger partial charge in [0.1, 0.15) is 0 Å². The number of carbonyl (C=O) groups is 1. The molecule has 0 amide bonds. The minimum atomic E-state index is -0.185. The van der Waals surface area contributed by atoms with Crippen LogP contribution in [0.25, 0.3) is 0 Å². The van der Waals surface area contributed by atoms with Gasteiger partial charge in [-0.05, 0) is 23.6 Å². The van der Waals surface area contributed by atoms with Crippen LogP contribution in [0.1, 0.15) is 29.3 Å². The number of imidazole rings is 1. The molecule has 4 nitrogen and oxygen atoms in total. The summed E-state index contributed by atoms with van der Waals surface area (Å²) in [6.07, 6.45) is 5.05. The molecule has 0 aliphatic rings. The zero-order chi connectivity index (χ0) is 17.5. The first-order valence-electron chi connectivity index (χ1n) is 8.51. The van der Waals surface area contributed by atoms with Gasteiger partial charge in [0, 0.05) is 19.2 Å². The lowest BCUT2D eigenvalue weighted by Crippen LogP contribution is -2.07. The summed E-state index contributed by atoms with van der Waals surface area (Å²) in [7, 11) is 0. The summed E-state index contributed by atoms with van der Waals surface area (Å²) < 4.78 is 7.07. The first-order valence-corrected chi connectivity index (χ1v) is 8.51. The van der Waals surface area contributed by atoms with E-state index in [-0.39, 0.29) is 5.97 Å². The molecule has 3 aromatic rings. The molecule has 4 heteroatoms. The van der Waals surface area contributed by atoms with Crippen LogP contribution < -0.4 is 0 Å². The molecule has 0 unspecified atom stereocenters. The van der Waals surface area contributed by atoms with E-state index < -0.39 is 0 Å². The number of carbonyl (C=O) groups excluding carboxylic acids is 1. The van der Waals surface area contributed by atoms with Crippen molar-refractivity contribution in [2.75, 3.05) is 6.61 Å². The van der Waals surface area contributed by atoms with Gasteiger partial charge in [-0.25, -0.2) is 4.98 Å². The standard InChI is InChI=1S/C21H22N2O2/c1-2-25-21(24)13-18-10-8-17(9-11-18)12-20-15-23(16-22-20)14-19-6-4-3-5-7-19/h3-11,15-16H,2,12-14H2,1H3. The summed E-state index contributed by atoms with van der Waals surface area (Å²) in [6, 6.07) is 18.4. The van der Waals surface area contributed by atoms with Gasteiger partial charge >= 0.3 is 5.97 Å². The number of hydrogen-bond donors (Lipinski definition) is 0. The van der Waals surface area contributed by atoms with E-state index in [0.29, 0.717) is 13.0 Å². The van der Waals surface area contributed by atoms with Gasteiger partial charge in [0.05, 0.1) is 25.0 Å². The molecule has 0 aliphatic heterocycles. The second-order valence-electron chi connectivity index (χ2n) is 6.00. The van der Waals surface area contributed by atoms with Crippen LogP contribution in [0.4, 0.5) is 0 Å². The highest BCUT2D eigenvalue weighted by atomic mass is 16.5. The summed E-state index contributed by atoms with van der Waals surface area (Å²) in [5.74, 6) is -0.185. The lowest BCUT2D eigenvalue weighted by molar-refractivity contribution is -0.142. The number of rotatable bonds is 7. The fraction of sp³-hybridized carbons (Fsp3) is 0.238. The number of ether oxygens (including phenoxy) is 1. The number of benzene rings is 2. The van der Waals surface area contributed by atoms with Gasteiger partial charge < -0.3 is 9.30 Å². The summed E-state index contributed by atoms with van der Waals surface area (Å²) in [6.45, 7) is 3.06. The second kappa shape index (κ2) is 8.29. The summed E-state index contributed by atoms with van der Waals surface area (Å²) in [5.41, 5.74) is 4.44. The summed E-state index contributed by atoms with van der Waals surface area (Å²) in [4.78, 5) is 16.0. The molecule has 1 aromatic heterocycles. The molecule has 2 aromatic carbocycles. The Bertz CT molecular complexity index is 807. The molecule has 128 valence electrons. The predicted molar refractivity (Wildman–Crippen MR) is 97.4 cm³/mol. The number of hydrogen-bond acceptors (Lipinski definition) is 3. The van der Waals surface area contributed by atoms with Crippen molar-refractivity contribution in [1.29, 1.82) is 0 Å². The largest absolute Gasteiger partial charge is 0.466 e. The van der Waals surface area contributed by atoms with Crippen LogP contribution in [0.2, 0.25) is 0 Å². The van der Waals surface area contributed by atoms with E-state index >= 15 is 0 Å². The average molecular weight is 334 g/mol. The van der Waals surface area contributed by atoms with Gasteiger partial charge in [0.2, 0.25) is 0 Å². The van der Waals surface area contributed by atoms with Gasteiger partial charge in [-0.15, -0.1) is 0 Å². The Kier molecular flexibility index (Phi) is 5.62. The molecule has 0 bridgehead atoms. The maximum atomic E-state index is 11.5. The number of nitrogens with zero attached hydrogens (tertiary/aromatic N) is 2. The van der Waals surface area contributed by atoms with Gasteiger partial charge in [-0.3, -0.25) is 4.79 Å². The van der Waals surface area contributed by atoms with Gasteiger partial charge in [-0.2, -0.15) is 0 Å². The maximum absolute atomic E-state index is 11.5. The SMILES string of the molecule is CCOC(=O)Cc1ccc(Cc2cn(Cc3ccccc3)cn2)cc1. The Morgan fingerprint density at radius 1 is 1.00 bits per heavy atom. The first kappa shape index (κ1) is 17.0. The van der Waals surface area contributed by atoms with Crippen molar-refractivity contribution in [1.82, 2.24) is 9.55 Å². The molecular formula is C21H22N2O2. The molecule has 0 fully saturated rings. The third-order valence-electron chi connectivity index (χ3n) is 3.96. The van der Waals surface area contributed by atoms with Crippen molar-refractivity contribution >= 4 is 5.97 Å². The molecule has 25 heavy (non-hydrogen) atoms. The number of esters is 1. The normalized spacial score (nSPS) is 10.6. The van der Waals surface area contributed by atoms with Crippen LogP contribution in [0.3, 0.4) is 0 Å². The second-order valence-corrected chi connectivity index (χ2v) is 6.00. The Morgan fingerprint density at radius 3 is 2.44 bits per heavy atom. The van der Waals surface area contributed by atoms with E-state index in [1.54, 1.807) is 0 Å². The van der Waals surface area contributed by atoms with E-state index in [1.165, 1.54) is 11.1 Å². The van der Waals surface area contributed by atoms with Gasteiger partial charge in [0.25, 0.3) is 0 Å². The van der Waals surface area contributed by atoms with E-state index in [4.69, 9.17) is 4.74 Å². The molecule has 3 rings (SSSR count). The molecule has 0 atom stereocenters. The Balaban J connectivity index is 1.58. The molecule has 0 radical (unpaired) electrons. The zero-order valence-corrected chi connectivity index (χ0v) is 14.4.